The molecule has 0 heterocycles. The van der Waals surface area contributed by atoms with Gasteiger partial charge in [-0.15, -0.1) is 0 Å². The van der Waals surface area contributed by atoms with E-state index in [1.165, 1.54) is 13.0 Å². The van der Waals surface area contributed by atoms with Crippen LogP contribution in [0.4, 0.5) is 13.2 Å². The van der Waals surface area contributed by atoms with Gasteiger partial charge in [-0.25, -0.2) is 18.0 Å². The van der Waals surface area contributed by atoms with Crippen molar-refractivity contribution < 1.29 is 27.8 Å². The molecule has 0 saturated heterocycles. The number of benzene rings is 1. The van der Waals surface area contributed by atoms with Crippen LogP contribution in [0.15, 0.2) is 18.2 Å². The van der Waals surface area contributed by atoms with Gasteiger partial charge in [0.2, 0.25) is 6.10 Å². The minimum atomic E-state index is -3.24. The highest BCUT2D eigenvalue weighted by molar-refractivity contribution is 6.30. The van der Waals surface area contributed by atoms with Crippen LogP contribution in [0.1, 0.15) is 18.9 Å². The lowest BCUT2D eigenvalue weighted by molar-refractivity contribution is -0.145. The number of carboxylic acids is 1. The Hall–Kier alpha value is -1.43. The molecule has 106 valence electrons. The lowest BCUT2D eigenvalue weighted by Gasteiger charge is -2.20. The Morgan fingerprint density at radius 3 is 2.63 bits per heavy atom. The molecule has 0 spiro atoms. The van der Waals surface area contributed by atoms with Gasteiger partial charge in [-0.1, -0.05) is 18.5 Å². The second kappa shape index (κ2) is 6.14. The minimum Gasteiger partial charge on any atom is -0.478 e. The Bertz CT molecular complexity index is 466. The summed E-state index contributed by atoms with van der Waals surface area (Å²) in [4.78, 5) is 10.7. The molecule has 0 aliphatic heterocycles. The molecule has 1 aromatic carbocycles. The second-order valence-corrected chi connectivity index (χ2v) is 4.23. The van der Waals surface area contributed by atoms with Crippen molar-refractivity contribution >= 4 is 17.6 Å². The summed E-state index contributed by atoms with van der Waals surface area (Å²) in [6.45, 7) is -0.0659. The largest absolute Gasteiger partial charge is 0.478 e. The number of rotatable bonds is 6. The number of hydrogen-bond acceptors (Lipinski definition) is 2. The number of hydrogen-bond donors (Lipinski definition) is 1. The number of ether oxygens (including phenoxy) is 1. The molecule has 0 aliphatic rings. The van der Waals surface area contributed by atoms with Crippen molar-refractivity contribution in [2.75, 3.05) is 6.67 Å². The average Bonchev–Trinajstić information content (AvgIpc) is 2.36. The number of halogens is 4. The van der Waals surface area contributed by atoms with E-state index in [0.29, 0.717) is 0 Å². The van der Waals surface area contributed by atoms with E-state index in [1.807, 2.05) is 0 Å². The van der Waals surface area contributed by atoms with Crippen LogP contribution in [-0.2, 0) is 10.7 Å². The summed E-state index contributed by atoms with van der Waals surface area (Å²) in [7, 11) is 0. The van der Waals surface area contributed by atoms with Gasteiger partial charge in [0.25, 0.3) is 5.92 Å². The fourth-order valence-corrected chi connectivity index (χ4v) is 1.55. The van der Waals surface area contributed by atoms with Crippen LogP contribution in [0.3, 0.4) is 0 Å². The third-order valence-corrected chi connectivity index (χ3v) is 2.70. The zero-order chi connectivity index (χ0) is 14.6. The molecule has 0 bridgehead atoms. The van der Waals surface area contributed by atoms with Crippen molar-refractivity contribution in [2.45, 2.75) is 25.4 Å². The lowest BCUT2D eigenvalue weighted by atomic mass is 10.1. The predicted octanol–water partition coefficient (Wildman–Crippen LogP) is 3.64. The van der Waals surface area contributed by atoms with Gasteiger partial charge in [0.05, 0.1) is 5.56 Å². The summed E-state index contributed by atoms with van der Waals surface area (Å²) >= 11 is 5.63. The van der Waals surface area contributed by atoms with Gasteiger partial charge in [-0.2, -0.15) is 0 Å². The molecule has 0 aliphatic carbocycles. The normalized spacial score (nSPS) is 13.1. The molecule has 7 heteroatoms. The van der Waals surface area contributed by atoms with Crippen molar-refractivity contribution in [1.29, 1.82) is 0 Å². The zero-order valence-electron chi connectivity index (χ0n) is 10.00. The summed E-state index contributed by atoms with van der Waals surface area (Å²) < 4.78 is 44.7. The summed E-state index contributed by atoms with van der Waals surface area (Å²) in [6, 6.07) is 3.35. The minimum absolute atomic E-state index is 0.0580. The Labute approximate surface area is 112 Å². The van der Waals surface area contributed by atoms with E-state index < -0.39 is 36.7 Å². The smallest absolute Gasteiger partial charge is 0.347 e. The molecule has 0 unspecified atom stereocenters. The zero-order valence-corrected chi connectivity index (χ0v) is 10.8. The first-order chi connectivity index (χ1) is 8.81. The van der Waals surface area contributed by atoms with Gasteiger partial charge in [0, 0.05) is 11.4 Å². The highest BCUT2D eigenvalue weighted by Gasteiger charge is 2.34. The molecule has 0 saturated carbocycles. The Morgan fingerprint density at radius 1 is 1.53 bits per heavy atom. The van der Waals surface area contributed by atoms with Gasteiger partial charge < -0.3 is 9.84 Å². The van der Waals surface area contributed by atoms with E-state index in [2.05, 4.69) is 0 Å². The quantitative estimate of drug-likeness (QED) is 0.871. The number of carboxylic acid groups (broad SMARTS) is 1. The molecule has 1 N–H and O–H groups in total. The molecular formula is C12H12ClF3O3. The molecule has 0 fully saturated rings. The van der Waals surface area contributed by atoms with Crippen molar-refractivity contribution in [3.63, 3.8) is 0 Å². The molecule has 1 rings (SSSR count). The first-order valence-corrected chi connectivity index (χ1v) is 5.83. The topological polar surface area (TPSA) is 46.5 Å². The van der Waals surface area contributed by atoms with Crippen molar-refractivity contribution in [3.05, 3.63) is 28.8 Å². The lowest BCUT2D eigenvalue weighted by Crippen LogP contribution is -2.30. The molecule has 0 radical (unpaired) electrons. The van der Waals surface area contributed by atoms with Gasteiger partial charge in [0.15, 0.2) is 0 Å². The van der Waals surface area contributed by atoms with Crippen LogP contribution in [0, 0.1) is 0 Å². The van der Waals surface area contributed by atoms with Crippen LogP contribution < -0.4 is 4.74 Å². The van der Waals surface area contributed by atoms with E-state index in [1.54, 1.807) is 0 Å². The van der Waals surface area contributed by atoms with Crippen molar-refractivity contribution in [2.24, 2.45) is 0 Å². The van der Waals surface area contributed by atoms with E-state index in [9.17, 15) is 18.0 Å². The molecule has 19 heavy (non-hydrogen) atoms. The molecule has 0 amide bonds. The second-order valence-electron chi connectivity index (χ2n) is 3.80. The first kappa shape index (κ1) is 15.6. The Balaban J connectivity index is 3.17. The SMILES string of the molecule is CCC(F)(F)c1cc(Cl)ccc1O[C@@H](CF)C(=O)O. The van der Waals surface area contributed by atoms with Gasteiger partial charge in [-0.3, -0.25) is 0 Å². The predicted molar refractivity (Wildman–Crippen MR) is 63.7 cm³/mol. The fraction of sp³-hybridized carbons (Fsp3) is 0.417. The summed E-state index contributed by atoms with van der Waals surface area (Å²) in [5.74, 6) is -5.19. The van der Waals surface area contributed by atoms with E-state index in [4.69, 9.17) is 21.4 Å². The summed E-state index contributed by atoms with van der Waals surface area (Å²) in [6.07, 6.45) is -2.34. The van der Waals surface area contributed by atoms with Crippen LogP contribution >= 0.6 is 11.6 Å². The monoisotopic (exact) mass is 296 g/mol. The van der Waals surface area contributed by atoms with Gasteiger partial charge in [-0.05, 0) is 18.2 Å². The molecule has 1 aromatic rings. The van der Waals surface area contributed by atoms with Crippen molar-refractivity contribution in [1.82, 2.24) is 0 Å². The van der Waals surface area contributed by atoms with Crippen molar-refractivity contribution in [3.8, 4) is 5.75 Å². The van der Waals surface area contributed by atoms with Gasteiger partial charge in [0.1, 0.15) is 12.4 Å². The Kier molecular flexibility index (Phi) is 5.05. The maximum Gasteiger partial charge on any atom is 0.347 e. The molecule has 3 nitrogen and oxygen atoms in total. The maximum absolute atomic E-state index is 13.7. The third kappa shape index (κ3) is 3.76. The standard InChI is InChI=1S/C12H12ClF3O3/c1-2-12(15,16)8-5-7(13)3-4-9(8)19-10(6-14)11(17)18/h3-5,10H,2,6H2,1H3,(H,17,18)/t10-/m0/s1. The summed E-state index contributed by atoms with van der Waals surface area (Å²) in [5.41, 5.74) is -0.554. The maximum atomic E-state index is 13.7. The van der Waals surface area contributed by atoms with E-state index in [-0.39, 0.29) is 10.8 Å². The highest BCUT2D eigenvalue weighted by Crippen LogP contribution is 2.39. The fourth-order valence-electron chi connectivity index (χ4n) is 1.38. The van der Waals surface area contributed by atoms with Crippen LogP contribution in [0.2, 0.25) is 5.02 Å². The van der Waals surface area contributed by atoms with Gasteiger partial charge >= 0.3 is 5.97 Å². The molecule has 1 atom stereocenters. The number of alkyl halides is 3. The van der Waals surface area contributed by atoms with E-state index in [0.717, 1.165) is 12.1 Å². The molecule has 0 aromatic heterocycles. The molecular weight excluding hydrogens is 285 g/mol. The third-order valence-electron chi connectivity index (χ3n) is 2.46. The van der Waals surface area contributed by atoms with E-state index >= 15 is 0 Å². The van der Waals surface area contributed by atoms with Crippen LogP contribution in [-0.4, -0.2) is 23.9 Å². The first-order valence-electron chi connectivity index (χ1n) is 5.45. The Morgan fingerprint density at radius 2 is 2.16 bits per heavy atom. The van der Waals surface area contributed by atoms with Crippen LogP contribution in [0.25, 0.3) is 0 Å². The summed E-state index contributed by atoms with van der Waals surface area (Å²) in [5, 5.41) is 8.72. The average molecular weight is 297 g/mol. The highest BCUT2D eigenvalue weighted by atomic mass is 35.5. The number of aliphatic carboxylic acids is 1. The number of carbonyl (C=O) groups is 1. The van der Waals surface area contributed by atoms with Crippen LogP contribution in [0.5, 0.6) is 5.75 Å².